The Hall–Kier alpha value is -3.01. The van der Waals surface area contributed by atoms with E-state index in [4.69, 9.17) is 28.1 Å². The second-order valence-corrected chi connectivity index (χ2v) is 18.0. The summed E-state index contributed by atoms with van der Waals surface area (Å²) < 4.78 is 35.7. The first-order valence-corrected chi connectivity index (χ1v) is 18.0. The van der Waals surface area contributed by atoms with Crippen molar-refractivity contribution in [2.45, 2.75) is 90.1 Å². The van der Waals surface area contributed by atoms with E-state index in [2.05, 4.69) is 48.1 Å². The molecule has 2 rings (SSSR count). The van der Waals surface area contributed by atoms with Gasteiger partial charge >= 0.3 is 5.97 Å². The molecule has 1 N–H and O–H groups in total. The Bertz CT molecular complexity index is 1210. The Morgan fingerprint density at radius 1 is 0.756 bits per heavy atom. The minimum Gasteiger partial charge on any atom is -0.493 e. The van der Waals surface area contributed by atoms with E-state index in [9.17, 15) is 9.90 Å². The van der Waals surface area contributed by atoms with Crippen molar-refractivity contribution in [1.29, 1.82) is 0 Å². The lowest BCUT2D eigenvalue weighted by molar-refractivity contribution is -0.150. The molecule has 0 amide bonds. The highest BCUT2D eigenvalue weighted by Gasteiger charge is 2.48. The topological polar surface area (TPSA) is 92.7 Å². The Kier molecular flexibility index (Phi) is 14.9. The fraction of sp³-hybridized carbons (Fsp3) is 0.583. The van der Waals surface area contributed by atoms with Crippen LogP contribution in [0.5, 0.6) is 23.0 Å². The highest BCUT2D eigenvalue weighted by Crippen LogP contribution is 2.49. The maximum atomic E-state index is 12.5. The molecule has 0 fully saturated rings. The number of esters is 1. The maximum Gasteiger partial charge on any atom is 0.303 e. The van der Waals surface area contributed by atoms with Gasteiger partial charge in [0.15, 0.2) is 23.0 Å². The molecule has 252 valence electrons. The van der Waals surface area contributed by atoms with Gasteiger partial charge in [0.1, 0.15) is 6.10 Å². The van der Waals surface area contributed by atoms with Crippen LogP contribution in [0.4, 0.5) is 0 Å². The number of allylic oxidation sites excluding steroid dienone is 1. The summed E-state index contributed by atoms with van der Waals surface area (Å²) in [7, 11) is 3.95. The average molecular weight is 645 g/mol. The van der Waals surface area contributed by atoms with Gasteiger partial charge < -0.3 is 33.2 Å². The van der Waals surface area contributed by atoms with Crippen LogP contribution in [0.3, 0.4) is 0 Å². The molecule has 0 aliphatic rings. The molecule has 0 bridgehead atoms. The van der Waals surface area contributed by atoms with Gasteiger partial charge in [-0.3, -0.25) is 4.79 Å². The van der Waals surface area contributed by atoms with E-state index in [1.165, 1.54) is 6.92 Å². The molecule has 8 nitrogen and oxygen atoms in total. The standard InChI is InChI=1S/C36H56O8Si/c1-13-14-27(35(43-26(8)38)28-15-17-31(39-9)33(20-28)41-11)19-30(22-37)36(29-16-18-32(40-10)34(21-29)42-12)44-45(23(2)3,24(4)5)25(6)7/h13,15-18,20-21,23-25,27,30,35-37H,1,14,19,22H2,2-12H3/t27-,30+,35+,36+/m0/s1. The lowest BCUT2D eigenvalue weighted by atomic mass is 9.81. The monoisotopic (exact) mass is 644 g/mol. The van der Waals surface area contributed by atoms with Crippen molar-refractivity contribution in [3.63, 3.8) is 0 Å². The van der Waals surface area contributed by atoms with Gasteiger partial charge in [-0.15, -0.1) is 6.58 Å². The zero-order chi connectivity index (χ0) is 33.9. The van der Waals surface area contributed by atoms with E-state index < -0.39 is 26.5 Å². The molecule has 0 radical (unpaired) electrons. The molecule has 2 aromatic carbocycles. The number of benzene rings is 2. The number of aliphatic hydroxyl groups excluding tert-OH is 1. The first kappa shape index (κ1) is 38.2. The quantitative estimate of drug-likeness (QED) is 0.0925. The SMILES string of the molecule is C=CC[C@@H](C[C@H](CO)[C@H](O[Si](C(C)C)(C(C)C)C(C)C)c1ccc(OC)c(OC)c1)[C@@H](OC(C)=O)c1ccc(OC)c(OC)c1. The summed E-state index contributed by atoms with van der Waals surface area (Å²) in [5.41, 5.74) is 2.64. The van der Waals surface area contributed by atoms with Crippen LogP contribution in [0.15, 0.2) is 49.1 Å². The number of methoxy groups -OCH3 is 4. The summed E-state index contributed by atoms with van der Waals surface area (Å²) >= 11 is 0. The molecule has 45 heavy (non-hydrogen) atoms. The number of ether oxygens (including phenoxy) is 5. The highest BCUT2D eigenvalue weighted by atomic mass is 28.4. The van der Waals surface area contributed by atoms with E-state index in [-0.39, 0.29) is 18.4 Å². The summed E-state index contributed by atoms with van der Waals surface area (Å²) in [6, 6.07) is 11.4. The molecule has 0 unspecified atom stereocenters. The highest BCUT2D eigenvalue weighted by molar-refractivity contribution is 6.77. The second-order valence-electron chi connectivity index (χ2n) is 12.6. The third-order valence-corrected chi connectivity index (χ3v) is 15.0. The lowest BCUT2D eigenvalue weighted by Crippen LogP contribution is -2.49. The number of carbonyl (C=O) groups excluding carboxylic acids is 1. The van der Waals surface area contributed by atoms with Crippen molar-refractivity contribution in [3.05, 3.63) is 60.2 Å². The van der Waals surface area contributed by atoms with E-state index in [1.807, 2.05) is 42.5 Å². The smallest absolute Gasteiger partial charge is 0.303 e. The largest absolute Gasteiger partial charge is 0.493 e. The van der Waals surface area contributed by atoms with Gasteiger partial charge in [-0.25, -0.2) is 0 Å². The summed E-state index contributed by atoms with van der Waals surface area (Å²) in [6.07, 6.45) is 1.79. The molecule has 0 saturated heterocycles. The Labute approximate surface area is 272 Å². The Morgan fingerprint density at radius 3 is 1.56 bits per heavy atom. The molecule has 0 aliphatic heterocycles. The summed E-state index contributed by atoms with van der Waals surface area (Å²) in [5.74, 6) is 1.37. The Balaban J connectivity index is 2.75. The van der Waals surface area contributed by atoms with E-state index in [0.29, 0.717) is 52.5 Å². The third kappa shape index (κ3) is 9.05. The number of carbonyl (C=O) groups is 1. The molecule has 0 spiro atoms. The molecular formula is C36H56O8Si. The molecule has 0 aromatic heterocycles. The first-order chi connectivity index (χ1) is 21.3. The number of hydrogen-bond donors (Lipinski definition) is 1. The van der Waals surface area contributed by atoms with Gasteiger partial charge in [-0.2, -0.15) is 0 Å². The van der Waals surface area contributed by atoms with E-state index in [1.54, 1.807) is 28.4 Å². The van der Waals surface area contributed by atoms with Crippen molar-refractivity contribution in [2.24, 2.45) is 11.8 Å². The van der Waals surface area contributed by atoms with Crippen LogP contribution in [0.2, 0.25) is 16.6 Å². The van der Waals surface area contributed by atoms with Gasteiger partial charge in [0.25, 0.3) is 0 Å². The van der Waals surface area contributed by atoms with Crippen LogP contribution in [0.25, 0.3) is 0 Å². The fourth-order valence-electron chi connectivity index (χ4n) is 6.98. The van der Waals surface area contributed by atoms with Crippen LogP contribution in [-0.2, 0) is 14.0 Å². The van der Waals surface area contributed by atoms with Gasteiger partial charge in [0, 0.05) is 25.4 Å². The number of rotatable bonds is 19. The molecule has 4 atom stereocenters. The van der Waals surface area contributed by atoms with Crippen LogP contribution < -0.4 is 18.9 Å². The fourth-order valence-corrected chi connectivity index (χ4v) is 12.6. The van der Waals surface area contributed by atoms with Gasteiger partial charge in [0.2, 0.25) is 8.32 Å². The second kappa shape index (κ2) is 17.6. The number of aliphatic hydroxyl groups is 1. The summed E-state index contributed by atoms with van der Waals surface area (Å²) in [4.78, 5) is 12.5. The zero-order valence-electron chi connectivity index (χ0n) is 29.2. The Morgan fingerprint density at radius 2 is 1.20 bits per heavy atom. The molecule has 0 saturated carbocycles. The average Bonchev–Trinajstić information content (AvgIpc) is 3.01. The van der Waals surface area contributed by atoms with Crippen molar-refractivity contribution in [2.75, 3.05) is 35.0 Å². The van der Waals surface area contributed by atoms with Gasteiger partial charge in [-0.05, 0) is 64.9 Å². The molecule has 0 aliphatic carbocycles. The van der Waals surface area contributed by atoms with Crippen molar-refractivity contribution >= 4 is 14.3 Å². The maximum absolute atomic E-state index is 12.5. The van der Waals surface area contributed by atoms with E-state index >= 15 is 0 Å². The van der Waals surface area contributed by atoms with Crippen molar-refractivity contribution in [1.82, 2.24) is 0 Å². The van der Waals surface area contributed by atoms with Crippen LogP contribution in [0, 0.1) is 11.8 Å². The minimum absolute atomic E-state index is 0.135. The summed E-state index contributed by atoms with van der Waals surface area (Å²) in [5, 5.41) is 11.1. The predicted molar refractivity (Wildman–Crippen MR) is 182 cm³/mol. The first-order valence-electron chi connectivity index (χ1n) is 15.8. The normalized spacial score (nSPS) is 14.6. The van der Waals surface area contributed by atoms with Crippen molar-refractivity contribution in [3.8, 4) is 23.0 Å². The number of hydrogen-bond acceptors (Lipinski definition) is 8. The zero-order valence-corrected chi connectivity index (χ0v) is 30.2. The molecule has 2 aromatic rings. The molecular weight excluding hydrogens is 588 g/mol. The van der Waals surface area contributed by atoms with Crippen molar-refractivity contribution < 1.29 is 38.0 Å². The van der Waals surface area contributed by atoms with E-state index in [0.717, 1.165) is 11.1 Å². The van der Waals surface area contributed by atoms with Crippen LogP contribution in [-0.4, -0.2) is 54.4 Å². The lowest BCUT2D eigenvalue weighted by Gasteiger charge is -2.46. The summed E-state index contributed by atoms with van der Waals surface area (Å²) in [6.45, 7) is 18.8. The van der Waals surface area contributed by atoms with Gasteiger partial charge in [0.05, 0.1) is 34.5 Å². The molecule has 0 heterocycles. The predicted octanol–water partition coefficient (Wildman–Crippen LogP) is 8.45. The van der Waals surface area contributed by atoms with Crippen LogP contribution >= 0.6 is 0 Å². The van der Waals surface area contributed by atoms with Crippen LogP contribution in [0.1, 0.15) is 84.6 Å². The minimum atomic E-state index is -2.43. The molecule has 9 heteroatoms. The third-order valence-electron chi connectivity index (χ3n) is 8.97. The van der Waals surface area contributed by atoms with Gasteiger partial charge in [-0.1, -0.05) is 59.8 Å².